The minimum absolute atomic E-state index is 0.238. The number of hydrogen-bond donors (Lipinski definition) is 0. The van der Waals surface area contributed by atoms with Crippen LogP contribution in [0.15, 0.2) is 5.38 Å². The fourth-order valence-corrected chi connectivity index (χ4v) is 1.81. The fourth-order valence-electron chi connectivity index (χ4n) is 0.975. The van der Waals surface area contributed by atoms with Gasteiger partial charge >= 0.3 is 5.97 Å². The number of carbonyl (C=O) groups is 2. The van der Waals surface area contributed by atoms with Gasteiger partial charge in [-0.3, -0.25) is 9.59 Å². The summed E-state index contributed by atoms with van der Waals surface area (Å²) in [4.78, 5) is 26.5. The van der Waals surface area contributed by atoms with Crippen molar-refractivity contribution in [3.05, 3.63) is 16.1 Å². The molecule has 82 valence electrons. The third kappa shape index (κ3) is 3.13. The number of hydrogen-bond acceptors (Lipinski definition) is 5. The largest absolute Gasteiger partial charge is 0.469 e. The number of rotatable bonds is 4. The molecule has 5 heteroatoms. The van der Waals surface area contributed by atoms with Crippen molar-refractivity contribution >= 4 is 23.1 Å². The zero-order valence-corrected chi connectivity index (χ0v) is 9.76. The van der Waals surface area contributed by atoms with Gasteiger partial charge in [-0.2, -0.15) is 0 Å². The molecule has 0 radical (unpaired) electrons. The molecule has 1 rings (SSSR count). The van der Waals surface area contributed by atoms with Crippen LogP contribution in [0.1, 0.15) is 41.7 Å². The van der Waals surface area contributed by atoms with E-state index in [0.29, 0.717) is 11.6 Å². The molecule has 1 heterocycles. The molecule has 0 amide bonds. The summed E-state index contributed by atoms with van der Waals surface area (Å²) in [5.74, 6) is -0.515. The van der Waals surface area contributed by atoms with Gasteiger partial charge < -0.3 is 4.74 Å². The zero-order chi connectivity index (χ0) is 11.4. The van der Waals surface area contributed by atoms with Gasteiger partial charge in [-0.25, -0.2) is 4.98 Å². The molecule has 0 saturated carbocycles. The highest BCUT2D eigenvalue weighted by Crippen LogP contribution is 2.19. The molecule has 0 aromatic carbocycles. The van der Waals surface area contributed by atoms with Crippen LogP contribution in [0.5, 0.6) is 0 Å². The van der Waals surface area contributed by atoms with Crippen LogP contribution in [0.25, 0.3) is 0 Å². The van der Waals surface area contributed by atoms with Gasteiger partial charge in [-0.1, -0.05) is 13.8 Å². The summed E-state index contributed by atoms with van der Waals surface area (Å²) in [5.41, 5.74) is 0.356. The quantitative estimate of drug-likeness (QED) is 0.448. The van der Waals surface area contributed by atoms with Gasteiger partial charge in [0.2, 0.25) is 0 Å². The van der Waals surface area contributed by atoms with E-state index >= 15 is 0 Å². The standard InChI is InChI=1S/C10H13NO3S/c1-6(2)10-11-7(5-15-10)8(12)4-9(13)14-3/h5-6H,4H2,1-3H3. The predicted molar refractivity (Wildman–Crippen MR) is 57.2 cm³/mol. The maximum atomic E-state index is 11.5. The van der Waals surface area contributed by atoms with E-state index in [1.54, 1.807) is 5.38 Å². The number of methoxy groups -OCH3 is 1. The highest BCUT2D eigenvalue weighted by Gasteiger charge is 2.16. The average Bonchev–Trinajstić information content (AvgIpc) is 2.66. The Kier molecular flexibility index (Phi) is 3.96. The first-order chi connectivity index (χ1) is 7.04. The lowest BCUT2D eigenvalue weighted by molar-refractivity contribution is -0.139. The number of carbonyl (C=O) groups excluding carboxylic acids is 2. The third-order valence-corrected chi connectivity index (χ3v) is 2.98. The topological polar surface area (TPSA) is 56.3 Å². The fraction of sp³-hybridized carbons (Fsp3) is 0.500. The first-order valence-corrected chi connectivity index (χ1v) is 5.48. The first kappa shape index (κ1) is 11.8. The van der Waals surface area contributed by atoms with Crippen molar-refractivity contribution in [2.75, 3.05) is 7.11 Å². The van der Waals surface area contributed by atoms with Crippen molar-refractivity contribution in [1.82, 2.24) is 4.98 Å². The molecule has 0 saturated heterocycles. The van der Waals surface area contributed by atoms with E-state index in [1.807, 2.05) is 13.8 Å². The van der Waals surface area contributed by atoms with Crippen LogP contribution in [0, 0.1) is 0 Å². The van der Waals surface area contributed by atoms with Crippen LogP contribution in [0.4, 0.5) is 0 Å². The maximum absolute atomic E-state index is 11.5. The molecule has 15 heavy (non-hydrogen) atoms. The van der Waals surface area contributed by atoms with Crippen LogP contribution >= 0.6 is 11.3 Å². The number of thiazole rings is 1. The van der Waals surface area contributed by atoms with Crippen LogP contribution in [0.2, 0.25) is 0 Å². The highest BCUT2D eigenvalue weighted by molar-refractivity contribution is 7.09. The molecule has 4 nitrogen and oxygen atoms in total. The Morgan fingerprint density at radius 1 is 1.53 bits per heavy atom. The molecule has 0 aliphatic heterocycles. The van der Waals surface area contributed by atoms with E-state index < -0.39 is 5.97 Å². The summed E-state index contributed by atoms with van der Waals surface area (Å²) < 4.78 is 4.41. The van der Waals surface area contributed by atoms with Gasteiger partial charge in [-0.05, 0) is 0 Å². The third-order valence-electron chi connectivity index (χ3n) is 1.83. The van der Waals surface area contributed by atoms with Crippen molar-refractivity contribution in [1.29, 1.82) is 0 Å². The average molecular weight is 227 g/mol. The summed E-state index contributed by atoms with van der Waals surface area (Å²) in [6.45, 7) is 4.01. The Morgan fingerprint density at radius 3 is 2.67 bits per heavy atom. The first-order valence-electron chi connectivity index (χ1n) is 4.60. The lowest BCUT2D eigenvalue weighted by Crippen LogP contribution is -2.09. The minimum atomic E-state index is -0.529. The van der Waals surface area contributed by atoms with Gasteiger partial charge in [0.1, 0.15) is 12.1 Å². The predicted octanol–water partition coefficient (Wildman–Crippen LogP) is 2.01. The molecule has 1 aromatic rings. The zero-order valence-electron chi connectivity index (χ0n) is 8.94. The normalized spacial score (nSPS) is 10.4. The lowest BCUT2D eigenvalue weighted by Gasteiger charge is -1.97. The molecule has 0 aliphatic rings. The van der Waals surface area contributed by atoms with Crippen molar-refractivity contribution in [3.63, 3.8) is 0 Å². The van der Waals surface area contributed by atoms with Gasteiger partial charge in [0.15, 0.2) is 5.78 Å². The van der Waals surface area contributed by atoms with E-state index in [4.69, 9.17) is 0 Å². The Labute approximate surface area is 92.3 Å². The Morgan fingerprint density at radius 2 is 2.20 bits per heavy atom. The second-order valence-corrected chi connectivity index (χ2v) is 4.29. The molecule has 0 N–H and O–H groups in total. The number of aromatic nitrogens is 1. The molecular weight excluding hydrogens is 214 g/mol. The molecule has 0 aliphatic carbocycles. The van der Waals surface area contributed by atoms with E-state index in [9.17, 15) is 9.59 Å². The molecule has 0 fully saturated rings. The number of ketones is 1. The summed E-state index contributed by atoms with van der Waals surface area (Å²) in [6.07, 6.45) is -0.238. The summed E-state index contributed by atoms with van der Waals surface area (Å²) in [6, 6.07) is 0. The Bertz CT molecular complexity index is 370. The van der Waals surface area contributed by atoms with Gasteiger partial charge in [0.05, 0.1) is 12.1 Å². The van der Waals surface area contributed by atoms with Gasteiger partial charge in [-0.15, -0.1) is 11.3 Å². The number of esters is 1. The molecule has 0 unspecified atom stereocenters. The number of ether oxygens (including phenoxy) is 1. The van der Waals surface area contributed by atoms with Crippen molar-refractivity contribution in [3.8, 4) is 0 Å². The molecule has 0 spiro atoms. The Hall–Kier alpha value is -1.23. The minimum Gasteiger partial charge on any atom is -0.469 e. The lowest BCUT2D eigenvalue weighted by atomic mass is 10.2. The van der Waals surface area contributed by atoms with Crippen LogP contribution in [0.3, 0.4) is 0 Å². The smallest absolute Gasteiger partial charge is 0.313 e. The highest BCUT2D eigenvalue weighted by atomic mass is 32.1. The number of nitrogens with zero attached hydrogens (tertiary/aromatic N) is 1. The Balaban J connectivity index is 2.70. The SMILES string of the molecule is COC(=O)CC(=O)c1csc(C(C)C)n1. The van der Waals surface area contributed by atoms with E-state index in [-0.39, 0.29) is 12.2 Å². The molecule has 0 bridgehead atoms. The van der Waals surface area contributed by atoms with Gasteiger partial charge in [0, 0.05) is 11.3 Å². The van der Waals surface area contributed by atoms with Crippen molar-refractivity contribution < 1.29 is 14.3 Å². The van der Waals surface area contributed by atoms with Crippen LogP contribution < -0.4 is 0 Å². The molecule has 0 atom stereocenters. The van der Waals surface area contributed by atoms with E-state index in [0.717, 1.165) is 5.01 Å². The summed E-state index contributed by atoms with van der Waals surface area (Å²) in [5, 5.41) is 2.59. The van der Waals surface area contributed by atoms with Crippen LogP contribution in [-0.4, -0.2) is 23.8 Å². The summed E-state index contributed by atoms with van der Waals surface area (Å²) >= 11 is 1.44. The summed E-state index contributed by atoms with van der Waals surface area (Å²) in [7, 11) is 1.26. The van der Waals surface area contributed by atoms with Crippen LogP contribution in [-0.2, 0) is 9.53 Å². The monoisotopic (exact) mass is 227 g/mol. The second-order valence-electron chi connectivity index (χ2n) is 3.40. The van der Waals surface area contributed by atoms with Crippen molar-refractivity contribution in [2.45, 2.75) is 26.2 Å². The maximum Gasteiger partial charge on any atom is 0.313 e. The van der Waals surface area contributed by atoms with Gasteiger partial charge in [0.25, 0.3) is 0 Å². The van der Waals surface area contributed by atoms with Crippen molar-refractivity contribution in [2.24, 2.45) is 0 Å². The molecular formula is C10H13NO3S. The van der Waals surface area contributed by atoms with E-state index in [1.165, 1.54) is 18.4 Å². The second kappa shape index (κ2) is 5.02. The molecule has 1 aromatic heterocycles. The van der Waals surface area contributed by atoms with E-state index in [2.05, 4.69) is 9.72 Å². The number of Topliss-reactive ketones (excluding diaryl/α,β-unsaturated/α-hetero) is 1.